The Hall–Kier alpha value is -0.600. The Balaban J connectivity index is 2.35. The first kappa shape index (κ1) is 14.8. The van der Waals surface area contributed by atoms with Crippen molar-refractivity contribution in [3.05, 3.63) is 26.9 Å². The molecule has 0 amide bonds. The van der Waals surface area contributed by atoms with Crippen molar-refractivity contribution in [1.29, 1.82) is 0 Å². The average molecular weight is 340 g/mol. The maximum atomic E-state index is 11.0. The second kappa shape index (κ2) is 5.41. The molecule has 5 nitrogen and oxygen atoms in total. The van der Waals surface area contributed by atoms with E-state index in [1.54, 1.807) is 16.7 Å². The van der Waals surface area contributed by atoms with Crippen LogP contribution in [0.15, 0.2) is 12.1 Å². The van der Waals surface area contributed by atoms with Crippen LogP contribution in [0, 0.1) is 4.77 Å². The smallest absolute Gasteiger partial charge is 0.208 e. The van der Waals surface area contributed by atoms with Crippen LogP contribution in [-0.4, -0.2) is 30.8 Å². The van der Waals surface area contributed by atoms with Crippen LogP contribution < -0.4 is 4.72 Å². The number of nitrogens with one attached hydrogen (secondary N) is 2. The van der Waals surface area contributed by atoms with Crippen LogP contribution in [0.4, 0.5) is 0 Å². The number of benzene rings is 1. The fraction of sp³-hybridized carbons (Fsp3) is 0.300. The summed E-state index contributed by atoms with van der Waals surface area (Å²) in [6.07, 6.45) is 1.11. The molecule has 0 aliphatic heterocycles. The maximum absolute atomic E-state index is 11.0. The largest absolute Gasteiger partial charge is 0.331 e. The number of imidazole rings is 1. The van der Waals surface area contributed by atoms with E-state index in [1.165, 1.54) is 0 Å². The van der Waals surface area contributed by atoms with Gasteiger partial charge >= 0.3 is 0 Å². The van der Waals surface area contributed by atoms with Gasteiger partial charge in [-0.3, -0.25) is 0 Å². The zero-order valence-electron chi connectivity index (χ0n) is 9.91. The van der Waals surface area contributed by atoms with E-state index in [1.807, 2.05) is 0 Å². The van der Waals surface area contributed by atoms with Gasteiger partial charge < -0.3 is 9.55 Å². The molecule has 0 radical (unpaired) electrons. The number of aromatic nitrogens is 2. The van der Waals surface area contributed by atoms with Gasteiger partial charge in [0.1, 0.15) is 0 Å². The summed E-state index contributed by atoms with van der Waals surface area (Å²) < 4.78 is 26.7. The Morgan fingerprint density at radius 3 is 2.63 bits per heavy atom. The van der Waals surface area contributed by atoms with Crippen molar-refractivity contribution in [3.8, 4) is 0 Å². The first-order valence-corrected chi connectivity index (χ1v) is 8.36. The first-order valence-electron chi connectivity index (χ1n) is 5.30. The van der Waals surface area contributed by atoms with E-state index in [9.17, 15) is 8.42 Å². The Morgan fingerprint density at radius 2 is 2.00 bits per heavy atom. The van der Waals surface area contributed by atoms with Gasteiger partial charge in [0.2, 0.25) is 10.0 Å². The minimum Gasteiger partial charge on any atom is -0.331 e. The minimum atomic E-state index is -3.21. The van der Waals surface area contributed by atoms with Crippen molar-refractivity contribution < 1.29 is 8.42 Å². The molecule has 0 aliphatic rings. The van der Waals surface area contributed by atoms with Gasteiger partial charge in [0, 0.05) is 13.1 Å². The predicted octanol–water partition coefficient (Wildman–Crippen LogP) is 2.55. The summed E-state index contributed by atoms with van der Waals surface area (Å²) in [6.45, 7) is 0.657. The number of hydrogen-bond acceptors (Lipinski definition) is 3. The van der Waals surface area contributed by atoms with Crippen molar-refractivity contribution in [2.45, 2.75) is 6.54 Å². The molecule has 0 aliphatic carbocycles. The van der Waals surface area contributed by atoms with Crippen molar-refractivity contribution >= 4 is 56.5 Å². The summed E-state index contributed by atoms with van der Waals surface area (Å²) in [5.41, 5.74) is 1.55. The number of rotatable bonds is 4. The highest BCUT2D eigenvalue weighted by Crippen LogP contribution is 2.27. The van der Waals surface area contributed by atoms with Crippen molar-refractivity contribution in [2.75, 3.05) is 12.8 Å². The number of halogens is 2. The second-order valence-corrected chi connectivity index (χ2v) is 7.07. The number of nitrogens with zero attached hydrogens (tertiary/aromatic N) is 1. The molecule has 19 heavy (non-hydrogen) atoms. The highest BCUT2D eigenvalue weighted by Gasteiger charge is 2.08. The Kier molecular flexibility index (Phi) is 4.22. The van der Waals surface area contributed by atoms with Gasteiger partial charge in [0.25, 0.3) is 0 Å². The van der Waals surface area contributed by atoms with Gasteiger partial charge in [-0.15, -0.1) is 0 Å². The number of aromatic amines is 1. The van der Waals surface area contributed by atoms with Crippen molar-refractivity contribution in [3.63, 3.8) is 0 Å². The molecule has 1 aromatic heterocycles. The molecule has 0 saturated carbocycles. The summed E-state index contributed by atoms with van der Waals surface area (Å²) in [4.78, 5) is 3.00. The molecule has 0 bridgehead atoms. The normalized spacial score (nSPS) is 12.2. The lowest BCUT2D eigenvalue weighted by molar-refractivity contribution is 0.579. The summed E-state index contributed by atoms with van der Waals surface area (Å²) in [6, 6.07) is 3.39. The molecule has 2 N–H and O–H groups in total. The highest BCUT2D eigenvalue weighted by atomic mass is 35.5. The minimum absolute atomic E-state index is 0.250. The molecule has 0 spiro atoms. The molecule has 1 heterocycles. The molecule has 0 unspecified atom stereocenters. The molecular formula is C10H11Cl2N3O2S2. The summed E-state index contributed by atoms with van der Waals surface area (Å²) in [5.74, 6) is 0. The Bertz CT molecular complexity index is 780. The van der Waals surface area contributed by atoms with E-state index in [2.05, 4.69) is 9.71 Å². The standard InChI is InChI=1S/C10H11Cl2N3O2S2/c1-19(16,17)13-2-3-15-9-5-7(12)6(11)4-8(9)14-10(15)18/h4-5,13H,2-3H2,1H3,(H,14,18). The average Bonchev–Trinajstić information content (AvgIpc) is 2.55. The van der Waals surface area contributed by atoms with Gasteiger partial charge in [0.05, 0.1) is 27.3 Å². The topological polar surface area (TPSA) is 66.9 Å². The fourth-order valence-corrected chi connectivity index (χ4v) is 2.80. The van der Waals surface area contributed by atoms with Gasteiger partial charge in [-0.2, -0.15) is 0 Å². The zero-order valence-corrected chi connectivity index (χ0v) is 13.0. The maximum Gasteiger partial charge on any atom is 0.208 e. The third-order valence-electron chi connectivity index (χ3n) is 2.52. The summed E-state index contributed by atoms with van der Waals surface area (Å²) >= 11 is 17.1. The van der Waals surface area contributed by atoms with E-state index in [-0.39, 0.29) is 6.54 Å². The fourth-order valence-electron chi connectivity index (χ4n) is 1.72. The van der Waals surface area contributed by atoms with Crippen LogP contribution in [0.1, 0.15) is 0 Å². The molecule has 1 aromatic carbocycles. The van der Waals surface area contributed by atoms with Crippen LogP contribution in [0.3, 0.4) is 0 Å². The lowest BCUT2D eigenvalue weighted by Gasteiger charge is -2.05. The molecule has 0 atom stereocenters. The number of sulfonamides is 1. The third-order valence-corrected chi connectivity index (χ3v) is 4.29. The zero-order chi connectivity index (χ0) is 14.2. The van der Waals surface area contributed by atoms with Crippen LogP contribution >= 0.6 is 35.4 Å². The van der Waals surface area contributed by atoms with E-state index < -0.39 is 10.0 Å². The molecule has 2 aromatic rings. The molecular weight excluding hydrogens is 329 g/mol. The lowest BCUT2D eigenvalue weighted by atomic mass is 10.3. The number of hydrogen-bond donors (Lipinski definition) is 2. The SMILES string of the molecule is CS(=O)(=O)NCCn1c(=S)[nH]c2cc(Cl)c(Cl)cc21. The Morgan fingerprint density at radius 1 is 1.37 bits per heavy atom. The molecule has 104 valence electrons. The third kappa shape index (κ3) is 3.49. The van der Waals surface area contributed by atoms with Crippen LogP contribution in [0.2, 0.25) is 10.0 Å². The molecule has 2 rings (SSSR count). The molecule has 0 saturated heterocycles. The number of H-pyrrole nitrogens is 1. The summed E-state index contributed by atoms with van der Waals surface area (Å²) in [7, 11) is -3.21. The van der Waals surface area contributed by atoms with Crippen molar-refractivity contribution in [2.24, 2.45) is 0 Å². The van der Waals surface area contributed by atoms with E-state index >= 15 is 0 Å². The van der Waals surface area contributed by atoms with E-state index in [0.717, 1.165) is 17.3 Å². The van der Waals surface area contributed by atoms with E-state index in [0.29, 0.717) is 21.4 Å². The van der Waals surface area contributed by atoms with E-state index in [4.69, 9.17) is 35.4 Å². The van der Waals surface area contributed by atoms with Gasteiger partial charge in [-0.1, -0.05) is 23.2 Å². The molecule has 0 fully saturated rings. The Labute approximate surface area is 125 Å². The van der Waals surface area contributed by atoms with Crippen LogP contribution in [-0.2, 0) is 16.6 Å². The highest BCUT2D eigenvalue weighted by molar-refractivity contribution is 7.88. The lowest BCUT2D eigenvalue weighted by Crippen LogP contribution is -2.26. The molecule has 9 heteroatoms. The van der Waals surface area contributed by atoms with Crippen LogP contribution in [0.5, 0.6) is 0 Å². The summed E-state index contributed by atoms with van der Waals surface area (Å²) in [5, 5.41) is 0.861. The quantitative estimate of drug-likeness (QED) is 0.841. The first-order chi connectivity index (χ1) is 8.78. The monoisotopic (exact) mass is 339 g/mol. The van der Waals surface area contributed by atoms with Gasteiger partial charge in [-0.25, -0.2) is 13.1 Å². The van der Waals surface area contributed by atoms with Gasteiger partial charge in [0.15, 0.2) is 4.77 Å². The van der Waals surface area contributed by atoms with Crippen LogP contribution in [0.25, 0.3) is 11.0 Å². The number of fused-ring (bicyclic) bond motifs is 1. The van der Waals surface area contributed by atoms with Gasteiger partial charge in [-0.05, 0) is 24.4 Å². The predicted molar refractivity (Wildman–Crippen MR) is 80.0 cm³/mol. The second-order valence-electron chi connectivity index (χ2n) is 4.03. The van der Waals surface area contributed by atoms with Crippen molar-refractivity contribution in [1.82, 2.24) is 14.3 Å².